The van der Waals surface area contributed by atoms with Crippen LogP contribution in [0.2, 0.25) is 0 Å². The molecule has 0 radical (unpaired) electrons. The Balaban J connectivity index is 1.85. The van der Waals surface area contributed by atoms with E-state index in [1.807, 2.05) is 29.2 Å². The van der Waals surface area contributed by atoms with Crippen molar-refractivity contribution >= 4 is 21.8 Å². The van der Waals surface area contributed by atoms with E-state index in [1.165, 1.54) is 5.56 Å². The van der Waals surface area contributed by atoms with E-state index in [2.05, 4.69) is 33.0 Å². The largest absolute Gasteiger partial charge is 0.330 e. The lowest BCUT2D eigenvalue weighted by atomic mass is 10.0. The Labute approximate surface area is 126 Å². The molecule has 1 fully saturated rings. The molecule has 4 heteroatoms. The van der Waals surface area contributed by atoms with E-state index < -0.39 is 0 Å². The molecule has 1 atom stereocenters. The van der Waals surface area contributed by atoms with Gasteiger partial charge in [0, 0.05) is 17.2 Å². The highest BCUT2D eigenvalue weighted by Crippen LogP contribution is 2.32. The molecular formula is C16H15BrN2O. The third kappa shape index (κ3) is 2.61. The Morgan fingerprint density at radius 1 is 1.20 bits per heavy atom. The van der Waals surface area contributed by atoms with Gasteiger partial charge in [-0.2, -0.15) is 0 Å². The average molecular weight is 331 g/mol. The zero-order valence-electron chi connectivity index (χ0n) is 11.0. The Hall–Kier alpha value is -1.68. The summed E-state index contributed by atoms with van der Waals surface area (Å²) >= 11 is 3.34. The maximum Gasteiger partial charge on any atom is 0.272 e. The Bertz CT molecular complexity index is 598. The third-order valence-corrected chi connectivity index (χ3v) is 4.11. The summed E-state index contributed by atoms with van der Waals surface area (Å²) in [4.78, 5) is 18.7. The topological polar surface area (TPSA) is 33.2 Å². The minimum atomic E-state index is 0.0175. The minimum Gasteiger partial charge on any atom is -0.330 e. The first-order valence-corrected chi connectivity index (χ1v) is 7.52. The van der Waals surface area contributed by atoms with Crippen LogP contribution < -0.4 is 0 Å². The number of halogens is 1. The summed E-state index contributed by atoms with van der Waals surface area (Å²) in [6, 6.07) is 14.0. The van der Waals surface area contributed by atoms with Crippen molar-refractivity contribution in [1.29, 1.82) is 0 Å². The van der Waals surface area contributed by atoms with Crippen molar-refractivity contribution in [1.82, 2.24) is 9.88 Å². The number of nitrogens with zero attached hydrogens (tertiary/aromatic N) is 2. The molecule has 0 aliphatic carbocycles. The highest BCUT2D eigenvalue weighted by atomic mass is 79.9. The van der Waals surface area contributed by atoms with Gasteiger partial charge in [-0.3, -0.25) is 4.79 Å². The van der Waals surface area contributed by atoms with E-state index >= 15 is 0 Å². The lowest BCUT2D eigenvalue weighted by Gasteiger charge is -2.24. The second-order valence-electron chi connectivity index (χ2n) is 4.93. The second kappa shape index (κ2) is 5.75. The van der Waals surface area contributed by atoms with Gasteiger partial charge in [0.05, 0.1) is 6.04 Å². The summed E-state index contributed by atoms with van der Waals surface area (Å²) in [5.74, 6) is 0.0175. The molecule has 2 aromatic rings. The van der Waals surface area contributed by atoms with Gasteiger partial charge < -0.3 is 4.90 Å². The SMILES string of the molecule is O=C(c1ccc(Br)cn1)N1CCCC1c1ccccc1. The lowest BCUT2D eigenvalue weighted by Crippen LogP contribution is -2.31. The Morgan fingerprint density at radius 2 is 2.00 bits per heavy atom. The van der Waals surface area contributed by atoms with Crippen LogP contribution in [0.1, 0.15) is 34.9 Å². The monoisotopic (exact) mass is 330 g/mol. The summed E-state index contributed by atoms with van der Waals surface area (Å²) in [5, 5.41) is 0. The van der Waals surface area contributed by atoms with Crippen LogP contribution in [0, 0.1) is 0 Å². The Morgan fingerprint density at radius 3 is 2.70 bits per heavy atom. The molecule has 3 rings (SSSR count). The number of amides is 1. The Kier molecular flexibility index (Phi) is 3.83. The molecule has 3 nitrogen and oxygen atoms in total. The third-order valence-electron chi connectivity index (χ3n) is 3.64. The van der Waals surface area contributed by atoms with Crippen LogP contribution in [0.5, 0.6) is 0 Å². The second-order valence-corrected chi connectivity index (χ2v) is 5.84. The number of hydrogen-bond acceptors (Lipinski definition) is 2. The molecule has 1 amide bonds. The van der Waals surface area contributed by atoms with Gasteiger partial charge in [0.25, 0.3) is 5.91 Å². The van der Waals surface area contributed by atoms with Crippen LogP contribution in [0.4, 0.5) is 0 Å². The highest BCUT2D eigenvalue weighted by Gasteiger charge is 2.30. The molecule has 2 heterocycles. The number of pyridine rings is 1. The first-order chi connectivity index (χ1) is 9.75. The lowest BCUT2D eigenvalue weighted by molar-refractivity contribution is 0.0729. The number of rotatable bonds is 2. The molecule has 1 saturated heterocycles. The van der Waals surface area contributed by atoms with Crippen molar-refractivity contribution in [3.63, 3.8) is 0 Å². The molecule has 0 bridgehead atoms. The van der Waals surface area contributed by atoms with E-state index in [9.17, 15) is 4.79 Å². The summed E-state index contributed by atoms with van der Waals surface area (Å²) in [6.45, 7) is 0.802. The van der Waals surface area contributed by atoms with Crippen molar-refractivity contribution in [3.8, 4) is 0 Å². The number of aromatic nitrogens is 1. The molecule has 1 aromatic heterocycles. The van der Waals surface area contributed by atoms with Crippen LogP contribution in [-0.4, -0.2) is 22.3 Å². The van der Waals surface area contributed by atoms with Crippen molar-refractivity contribution in [2.45, 2.75) is 18.9 Å². The highest BCUT2D eigenvalue weighted by molar-refractivity contribution is 9.10. The van der Waals surface area contributed by atoms with Crippen LogP contribution in [-0.2, 0) is 0 Å². The van der Waals surface area contributed by atoms with Crippen molar-refractivity contribution < 1.29 is 4.79 Å². The first-order valence-electron chi connectivity index (χ1n) is 6.73. The summed E-state index contributed by atoms with van der Waals surface area (Å²) in [5.41, 5.74) is 1.71. The van der Waals surface area contributed by atoms with Gasteiger partial charge in [0.1, 0.15) is 5.69 Å². The van der Waals surface area contributed by atoms with Crippen molar-refractivity contribution in [3.05, 3.63) is 64.4 Å². The van der Waals surface area contributed by atoms with Crippen LogP contribution in [0.15, 0.2) is 53.1 Å². The molecule has 20 heavy (non-hydrogen) atoms. The molecule has 1 aliphatic heterocycles. The van der Waals surface area contributed by atoms with Crippen molar-refractivity contribution in [2.75, 3.05) is 6.54 Å². The van der Waals surface area contributed by atoms with Crippen molar-refractivity contribution in [2.24, 2.45) is 0 Å². The molecule has 1 aliphatic rings. The van der Waals surface area contributed by atoms with Crippen LogP contribution in [0.3, 0.4) is 0 Å². The number of hydrogen-bond donors (Lipinski definition) is 0. The normalized spacial score (nSPS) is 18.2. The molecule has 102 valence electrons. The maximum absolute atomic E-state index is 12.6. The van der Waals surface area contributed by atoms with Gasteiger partial charge >= 0.3 is 0 Å². The molecule has 0 spiro atoms. The van der Waals surface area contributed by atoms with Crippen LogP contribution >= 0.6 is 15.9 Å². The molecule has 1 unspecified atom stereocenters. The maximum atomic E-state index is 12.6. The molecular weight excluding hydrogens is 316 g/mol. The predicted octanol–water partition coefficient (Wildman–Crippen LogP) is 3.82. The van der Waals surface area contributed by atoms with E-state index in [0.29, 0.717) is 5.69 Å². The van der Waals surface area contributed by atoms with Gasteiger partial charge in [-0.1, -0.05) is 30.3 Å². The molecule has 1 aromatic carbocycles. The molecule has 0 saturated carbocycles. The summed E-state index contributed by atoms with van der Waals surface area (Å²) in [6.07, 6.45) is 3.73. The van der Waals surface area contributed by atoms with E-state index in [-0.39, 0.29) is 11.9 Å². The molecule has 0 N–H and O–H groups in total. The number of likely N-dealkylation sites (tertiary alicyclic amines) is 1. The fourth-order valence-corrected chi connectivity index (χ4v) is 2.92. The van der Waals surface area contributed by atoms with Gasteiger partial charge in [0.2, 0.25) is 0 Å². The van der Waals surface area contributed by atoms with E-state index in [1.54, 1.807) is 12.3 Å². The van der Waals surface area contributed by atoms with E-state index in [4.69, 9.17) is 0 Å². The fourth-order valence-electron chi connectivity index (χ4n) is 2.68. The van der Waals surface area contributed by atoms with Gasteiger partial charge in [-0.15, -0.1) is 0 Å². The number of carbonyl (C=O) groups excluding carboxylic acids is 1. The quantitative estimate of drug-likeness (QED) is 0.838. The first kappa shape index (κ1) is 13.3. The zero-order valence-corrected chi connectivity index (χ0v) is 12.6. The van der Waals surface area contributed by atoms with E-state index in [0.717, 1.165) is 23.9 Å². The number of carbonyl (C=O) groups is 1. The number of benzene rings is 1. The average Bonchev–Trinajstić information content (AvgIpc) is 2.97. The smallest absolute Gasteiger partial charge is 0.272 e. The zero-order chi connectivity index (χ0) is 13.9. The standard InChI is InChI=1S/C16H15BrN2O/c17-13-8-9-14(18-11-13)16(20)19-10-4-7-15(19)12-5-2-1-3-6-12/h1-3,5-6,8-9,11,15H,4,7,10H2. The minimum absolute atomic E-state index is 0.0175. The van der Waals surface area contributed by atoms with Gasteiger partial charge in [-0.25, -0.2) is 4.98 Å². The van der Waals surface area contributed by atoms with Crippen LogP contribution in [0.25, 0.3) is 0 Å². The summed E-state index contributed by atoms with van der Waals surface area (Å²) < 4.78 is 0.884. The van der Waals surface area contributed by atoms with Gasteiger partial charge in [0.15, 0.2) is 0 Å². The van der Waals surface area contributed by atoms with Gasteiger partial charge in [-0.05, 0) is 46.5 Å². The summed E-state index contributed by atoms with van der Waals surface area (Å²) in [7, 11) is 0. The predicted molar refractivity (Wildman–Crippen MR) is 81.4 cm³/mol. The fraction of sp³-hybridized carbons (Fsp3) is 0.250.